The van der Waals surface area contributed by atoms with Gasteiger partial charge in [0.15, 0.2) is 0 Å². The smallest absolute Gasteiger partial charge is 0.306 e. The van der Waals surface area contributed by atoms with Gasteiger partial charge in [-0.1, -0.05) is 56.7 Å². The summed E-state index contributed by atoms with van der Waals surface area (Å²) in [7, 11) is 1.35. The summed E-state index contributed by atoms with van der Waals surface area (Å²) in [5.74, 6) is -0.806. The topological polar surface area (TPSA) is 89.4 Å². The van der Waals surface area contributed by atoms with Gasteiger partial charge in [-0.3, -0.25) is 14.4 Å². The molecule has 2 aliphatic rings. The quantitative estimate of drug-likeness (QED) is 0.608. The fraction of sp³-hybridized carbons (Fsp3) is 0.607. The molecule has 0 radical (unpaired) electrons. The van der Waals surface area contributed by atoms with Crippen LogP contribution in [0.15, 0.2) is 30.5 Å². The highest BCUT2D eigenvalue weighted by atomic mass is 16.5. The van der Waals surface area contributed by atoms with E-state index in [0.29, 0.717) is 25.3 Å². The van der Waals surface area contributed by atoms with Gasteiger partial charge in [-0.15, -0.1) is 0 Å². The van der Waals surface area contributed by atoms with Gasteiger partial charge in [0.25, 0.3) is 0 Å². The lowest BCUT2D eigenvalue weighted by Gasteiger charge is -2.23. The van der Waals surface area contributed by atoms with Gasteiger partial charge >= 0.3 is 5.97 Å². The Kier molecular flexibility index (Phi) is 8.83. The molecule has 1 aromatic carbocycles. The van der Waals surface area contributed by atoms with E-state index in [1.165, 1.54) is 20.0 Å². The number of fused-ring (bicyclic) bond motifs is 5. The van der Waals surface area contributed by atoms with Crippen LogP contribution >= 0.6 is 0 Å². The Hall–Kier alpha value is -2.83. The molecule has 1 fully saturated rings. The zero-order valence-corrected chi connectivity index (χ0v) is 20.9. The molecule has 35 heavy (non-hydrogen) atoms. The van der Waals surface area contributed by atoms with E-state index in [-0.39, 0.29) is 24.2 Å². The van der Waals surface area contributed by atoms with Crippen LogP contribution < -0.4 is 10.6 Å². The predicted octanol–water partition coefficient (Wildman–Crippen LogP) is 4.12. The SMILES string of the molecule is COC(=O)C[C@@H](CC1CCCC1)C(=O)N[C@H]1Cc2cn(c3ccccc23)CCCCCCNC1=O. The summed E-state index contributed by atoms with van der Waals surface area (Å²) < 4.78 is 7.15. The largest absolute Gasteiger partial charge is 0.469 e. The summed E-state index contributed by atoms with van der Waals surface area (Å²) in [4.78, 5) is 38.8. The molecule has 7 nitrogen and oxygen atoms in total. The number of aromatic nitrogens is 1. The first-order valence-corrected chi connectivity index (χ1v) is 13.3. The summed E-state index contributed by atoms with van der Waals surface area (Å²) in [5.41, 5.74) is 2.22. The second-order valence-corrected chi connectivity index (χ2v) is 10.2. The first-order valence-electron chi connectivity index (χ1n) is 13.3. The third-order valence-corrected chi connectivity index (χ3v) is 7.66. The third-order valence-electron chi connectivity index (χ3n) is 7.66. The minimum absolute atomic E-state index is 0.0481. The molecular formula is C28H39N3O4. The van der Waals surface area contributed by atoms with Gasteiger partial charge in [0.1, 0.15) is 6.04 Å². The molecular weight excluding hydrogens is 442 g/mol. The maximum absolute atomic E-state index is 13.4. The number of para-hydroxylation sites is 1. The lowest BCUT2D eigenvalue weighted by Crippen LogP contribution is -2.50. The lowest BCUT2D eigenvalue weighted by atomic mass is 9.89. The van der Waals surface area contributed by atoms with Crippen LogP contribution in [0.3, 0.4) is 0 Å². The lowest BCUT2D eigenvalue weighted by molar-refractivity contribution is -0.144. The molecule has 1 aliphatic carbocycles. The summed E-state index contributed by atoms with van der Waals surface area (Å²) in [6.07, 6.45) is 12.0. The molecule has 1 aliphatic heterocycles. The number of amides is 2. The van der Waals surface area contributed by atoms with E-state index in [1.54, 1.807) is 0 Å². The Morgan fingerprint density at radius 2 is 1.89 bits per heavy atom. The minimum atomic E-state index is -0.689. The van der Waals surface area contributed by atoms with Gasteiger partial charge in [-0.05, 0) is 36.8 Å². The van der Waals surface area contributed by atoms with Gasteiger partial charge in [-0.2, -0.15) is 0 Å². The molecule has 0 unspecified atom stereocenters. The number of hydrogen-bond acceptors (Lipinski definition) is 4. The molecule has 0 spiro atoms. The van der Waals surface area contributed by atoms with Crippen LogP contribution in [-0.2, 0) is 32.1 Å². The molecule has 190 valence electrons. The fourth-order valence-corrected chi connectivity index (χ4v) is 5.70. The highest BCUT2D eigenvalue weighted by Gasteiger charge is 2.31. The molecule has 1 aromatic heterocycles. The average molecular weight is 482 g/mol. The number of benzene rings is 1. The molecule has 2 amide bonds. The zero-order chi connectivity index (χ0) is 24.6. The highest BCUT2D eigenvalue weighted by molar-refractivity contribution is 5.91. The Bertz CT molecular complexity index is 1020. The standard InChI is InChI=1S/C28H39N3O4/c1-35-26(32)18-21(16-20-10-4-5-11-20)27(33)30-24-17-22-19-31(25-13-7-6-12-23(22)25)15-9-3-2-8-14-29-28(24)34/h6-7,12-13,19-21,24H,2-5,8-11,14-18H2,1H3,(H,29,34)(H,30,33)/t21-,24+/m1/s1. The molecule has 0 saturated heterocycles. The second-order valence-electron chi connectivity index (χ2n) is 10.2. The normalized spacial score (nSPS) is 20.8. The second kappa shape index (κ2) is 12.2. The number of hydrogen-bond donors (Lipinski definition) is 2. The molecule has 2 N–H and O–H groups in total. The van der Waals surface area contributed by atoms with Crippen molar-refractivity contribution in [1.82, 2.24) is 15.2 Å². The van der Waals surface area contributed by atoms with Crippen LogP contribution in [-0.4, -0.2) is 42.0 Å². The van der Waals surface area contributed by atoms with E-state index < -0.39 is 12.0 Å². The molecule has 2 aromatic rings. The van der Waals surface area contributed by atoms with Gasteiger partial charge in [0.2, 0.25) is 11.8 Å². The number of esters is 1. The maximum atomic E-state index is 13.4. The Morgan fingerprint density at radius 1 is 1.11 bits per heavy atom. The van der Waals surface area contributed by atoms with Crippen LogP contribution in [0.25, 0.3) is 10.9 Å². The van der Waals surface area contributed by atoms with E-state index in [2.05, 4.69) is 33.5 Å². The number of carbonyl (C=O) groups excluding carboxylic acids is 3. The van der Waals surface area contributed by atoms with Crippen LogP contribution in [0.1, 0.15) is 69.8 Å². The summed E-state index contributed by atoms with van der Waals surface area (Å²) >= 11 is 0. The Morgan fingerprint density at radius 3 is 2.69 bits per heavy atom. The van der Waals surface area contributed by atoms with E-state index >= 15 is 0 Å². The predicted molar refractivity (Wildman–Crippen MR) is 136 cm³/mol. The summed E-state index contributed by atoms with van der Waals surface area (Å²) in [5, 5.41) is 7.19. The van der Waals surface area contributed by atoms with Crippen molar-refractivity contribution in [3.8, 4) is 0 Å². The fourth-order valence-electron chi connectivity index (χ4n) is 5.70. The van der Waals surface area contributed by atoms with E-state index in [1.807, 2.05) is 12.1 Å². The van der Waals surface area contributed by atoms with E-state index in [9.17, 15) is 14.4 Å². The van der Waals surface area contributed by atoms with Crippen molar-refractivity contribution >= 4 is 28.7 Å². The van der Waals surface area contributed by atoms with Gasteiger partial charge < -0.3 is 19.9 Å². The van der Waals surface area contributed by atoms with Crippen molar-refractivity contribution < 1.29 is 19.1 Å². The van der Waals surface area contributed by atoms with Gasteiger partial charge in [0.05, 0.1) is 13.5 Å². The van der Waals surface area contributed by atoms with Gasteiger partial charge in [0, 0.05) is 42.5 Å². The molecule has 2 bridgehead atoms. The Balaban J connectivity index is 1.57. The average Bonchev–Trinajstić information content (AvgIpc) is 3.50. The van der Waals surface area contributed by atoms with Crippen molar-refractivity contribution in [2.24, 2.45) is 11.8 Å². The van der Waals surface area contributed by atoms with E-state index in [4.69, 9.17) is 4.74 Å². The van der Waals surface area contributed by atoms with Crippen molar-refractivity contribution in [1.29, 1.82) is 0 Å². The monoisotopic (exact) mass is 481 g/mol. The van der Waals surface area contributed by atoms with Crippen LogP contribution in [0.4, 0.5) is 0 Å². The molecule has 1 saturated carbocycles. The number of nitrogens with one attached hydrogen (secondary N) is 2. The maximum Gasteiger partial charge on any atom is 0.306 e. The number of rotatable bonds is 6. The molecule has 4 rings (SSSR count). The molecule has 2 atom stereocenters. The number of methoxy groups -OCH3 is 1. The van der Waals surface area contributed by atoms with Gasteiger partial charge in [-0.25, -0.2) is 0 Å². The van der Waals surface area contributed by atoms with Crippen molar-refractivity contribution in [3.05, 3.63) is 36.0 Å². The number of carbonyl (C=O) groups is 3. The third kappa shape index (κ3) is 6.65. The zero-order valence-electron chi connectivity index (χ0n) is 20.9. The molecule has 2 heterocycles. The van der Waals surface area contributed by atoms with Crippen LogP contribution in [0.5, 0.6) is 0 Å². The molecule has 7 heteroatoms. The van der Waals surface area contributed by atoms with Crippen molar-refractivity contribution in [2.45, 2.75) is 83.2 Å². The number of ether oxygens (including phenoxy) is 1. The highest BCUT2D eigenvalue weighted by Crippen LogP contribution is 2.32. The first-order chi connectivity index (χ1) is 17.0. The van der Waals surface area contributed by atoms with E-state index in [0.717, 1.165) is 61.5 Å². The summed E-state index contributed by atoms with van der Waals surface area (Å²) in [6.45, 7) is 1.56. The first kappa shape index (κ1) is 25.3. The Labute approximate surface area is 208 Å². The van der Waals surface area contributed by atoms with Crippen molar-refractivity contribution in [2.75, 3.05) is 13.7 Å². The number of nitrogens with zero attached hydrogens (tertiary/aromatic N) is 1. The number of aryl methyl sites for hydroxylation is 1. The minimum Gasteiger partial charge on any atom is -0.469 e. The van der Waals surface area contributed by atoms with Crippen LogP contribution in [0, 0.1) is 11.8 Å². The summed E-state index contributed by atoms with van der Waals surface area (Å²) in [6, 6.07) is 7.57. The van der Waals surface area contributed by atoms with Crippen molar-refractivity contribution in [3.63, 3.8) is 0 Å². The van der Waals surface area contributed by atoms with Crippen LogP contribution in [0.2, 0.25) is 0 Å².